The first kappa shape index (κ1) is 54.6. The molecule has 0 aromatic carbocycles. The molecule has 0 aromatic rings. The first-order chi connectivity index (χ1) is 27.6. The molecule has 0 aromatic heterocycles. The summed E-state index contributed by atoms with van der Waals surface area (Å²) in [5.74, 6) is -0.514. The molecule has 0 spiro atoms. The summed E-state index contributed by atoms with van der Waals surface area (Å²) in [4.78, 5) is 12.5. The van der Waals surface area contributed by atoms with Crippen molar-refractivity contribution in [3.63, 3.8) is 0 Å². The smallest absolute Gasteiger partial charge is 0.249 e. The Kier molecular flexibility index (Phi) is 45.1. The summed E-state index contributed by atoms with van der Waals surface area (Å²) in [7, 11) is 0. The van der Waals surface area contributed by atoms with E-state index in [0.717, 1.165) is 44.9 Å². The van der Waals surface area contributed by atoms with Gasteiger partial charge in [0.05, 0.1) is 18.8 Å². The van der Waals surface area contributed by atoms with Crippen LogP contribution in [0.25, 0.3) is 0 Å². The van der Waals surface area contributed by atoms with Crippen LogP contribution in [-0.2, 0) is 4.79 Å². The van der Waals surface area contributed by atoms with Crippen molar-refractivity contribution in [2.75, 3.05) is 6.61 Å². The zero-order valence-corrected chi connectivity index (χ0v) is 37.5. The fourth-order valence-electron chi connectivity index (χ4n) is 7.57. The maximum Gasteiger partial charge on any atom is 0.249 e. The van der Waals surface area contributed by atoms with Crippen molar-refractivity contribution in [2.24, 2.45) is 0 Å². The van der Waals surface area contributed by atoms with E-state index in [1.165, 1.54) is 193 Å². The number of rotatable bonds is 45. The zero-order valence-electron chi connectivity index (χ0n) is 37.5. The number of aliphatic hydroxyl groups excluding tert-OH is 3. The fraction of sp³-hybridized carbons (Fsp3) is 0.863. The minimum Gasteiger partial charge on any atom is -0.394 e. The predicted molar refractivity (Wildman–Crippen MR) is 245 cm³/mol. The standard InChI is InChI=1S/C51H97NO4/c1-3-5-7-9-11-13-15-17-19-21-23-24-25-26-27-28-30-32-34-36-38-40-42-44-46-50(55)51(56)52-48(47-53)49(54)45-43-41-39-37-35-33-31-29-22-20-18-16-14-12-10-8-6-4-2/h22,29,35,37,43,45,48-50,53-55H,3-21,23-28,30-34,36,38-42,44,46-47H2,1-2H3,(H,52,56)/b29-22+,37-35+,45-43+. The van der Waals surface area contributed by atoms with E-state index in [1.54, 1.807) is 6.08 Å². The number of aliphatic hydroxyl groups is 3. The second-order valence-corrected chi connectivity index (χ2v) is 17.0. The summed E-state index contributed by atoms with van der Waals surface area (Å²) in [6.45, 7) is 4.18. The first-order valence-corrected chi connectivity index (χ1v) is 24.8. The molecular weight excluding hydrogens is 691 g/mol. The molecule has 0 rings (SSSR count). The van der Waals surface area contributed by atoms with E-state index in [2.05, 4.69) is 43.5 Å². The van der Waals surface area contributed by atoms with Gasteiger partial charge in [-0.15, -0.1) is 0 Å². The largest absolute Gasteiger partial charge is 0.394 e. The molecule has 0 saturated carbocycles. The van der Waals surface area contributed by atoms with Gasteiger partial charge >= 0.3 is 0 Å². The van der Waals surface area contributed by atoms with Crippen LogP contribution in [0.4, 0.5) is 0 Å². The normalized spacial score (nSPS) is 13.7. The van der Waals surface area contributed by atoms with Gasteiger partial charge in [0, 0.05) is 0 Å². The molecule has 0 aliphatic carbocycles. The van der Waals surface area contributed by atoms with Crippen LogP contribution in [0.3, 0.4) is 0 Å². The molecule has 1 amide bonds. The van der Waals surface area contributed by atoms with Gasteiger partial charge in [0.15, 0.2) is 0 Å². The highest BCUT2D eigenvalue weighted by atomic mass is 16.3. The Morgan fingerprint density at radius 2 is 0.732 bits per heavy atom. The zero-order chi connectivity index (χ0) is 40.8. The highest BCUT2D eigenvalue weighted by Crippen LogP contribution is 2.16. The summed E-state index contributed by atoms with van der Waals surface area (Å²) < 4.78 is 0. The maximum atomic E-state index is 12.5. The van der Waals surface area contributed by atoms with Crippen LogP contribution in [-0.4, -0.2) is 46.1 Å². The van der Waals surface area contributed by atoms with Gasteiger partial charge in [-0.05, 0) is 44.9 Å². The quantitative estimate of drug-likeness (QED) is 0.0365. The van der Waals surface area contributed by atoms with Crippen LogP contribution in [0.5, 0.6) is 0 Å². The molecule has 0 saturated heterocycles. The maximum absolute atomic E-state index is 12.5. The lowest BCUT2D eigenvalue weighted by Gasteiger charge is -2.21. The number of hydrogen-bond donors (Lipinski definition) is 4. The highest BCUT2D eigenvalue weighted by Gasteiger charge is 2.22. The molecule has 0 radical (unpaired) electrons. The van der Waals surface area contributed by atoms with Crippen molar-refractivity contribution >= 4 is 5.91 Å². The van der Waals surface area contributed by atoms with E-state index in [4.69, 9.17) is 0 Å². The topological polar surface area (TPSA) is 89.8 Å². The minimum atomic E-state index is -1.11. The molecule has 330 valence electrons. The second-order valence-electron chi connectivity index (χ2n) is 17.0. The van der Waals surface area contributed by atoms with E-state index < -0.39 is 24.2 Å². The van der Waals surface area contributed by atoms with Crippen molar-refractivity contribution in [1.82, 2.24) is 5.32 Å². The third kappa shape index (κ3) is 40.8. The van der Waals surface area contributed by atoms with Crippen molar-refractivity contribution < 1.29 is 20.1 Å². The van der Waals surface area contributed by atoms with Crippen molar-refractivity contribution in [3.05, 3.63) is 36.5 Å². The van der Waals surface area contributed by atoms with Gasteiger partial charge in [0.2, 0.25) is 5.91 Å². The Bertz CT molecular complexity index is 870. The van der Waals surface area contributed by atoms with E-state index in [9.17, 15) is 20.1 Å². The molecule has 4 N–H and O–H groups in total. The van der Waals surface area contributed by atoms with Crippen molar-refractivity contribution in [3.8, 4) is 0 Å². The van der Waals surface area contributed by atoms with Crippen LogP contribution in [0.1, 0.15) is 258 Å². The molecule has 3 atom stereocenters. The van der Waals surface area contributed by atoms with Crippen LogP contribution >= 0.6 is 0 Å². The van der Waals surface area contributed by atoms with Gasteiger partial charge in [-0.25, -0.2) is 0 Å². The number of carbonyl (C=O) groups excluding carboxylic acids is 1. The lowest BCUT2D eigenvalue weighted by atomic mass is 10.0. The van der Waals surface area contributed by atoms with E-state index in [0.29, 0.717) is 6.42 Å². The van der Waals surface area contributed by atoms with Gasteiger partial charge in [0.1, 0.15) is 6.10 Å². The Balaban J connectivity index is 3.64. The molecule has 0 heterocycles. The Morgan fingerprint density at radius 1 is 0.429 bits per heavy atom. The van der Waals surface area contributed by atoms with Crippen molar-refractivity contribution in [1.29, 1.82) is 0 Å². The molecule has 0 aliphatic rings. The molecule has 5 heteroatoms. The van der Waals surface area contributed by atoms with Gasteiger partial charge in [-0.1, -0.05) is 249 Å². The van der Waals surface area contributed by atoms with Crippen LogP contribution in [0, 0.1) is 0 Å². The number of allylic oxidation sites excluding steroid dienone is 5. The monoisotopic (exact) mass is 788 g/mol. The van der Waals surface area contributed by atoms with Crippen LogP contribution in [0.2, 0.25) is 0 Å². The lowest BCUT2D eigenvalue weighted by Crippen LogP contribution is -2.48. The van der Waals surface area contributed by atoms with Crippen LogP contribution < -0.4 is 5.32 Å². The summed E-state index contributed by atoms with van der Waals surface area (Å²) in [5, 5.41) is 33.2. The van der Waals surface area contributed by atoms with Gasteiger partial charge < -0.3 is 20.6 Å². The third-order valence-corrected chi connectivity index (χ3v) is 11.5. The third-order valence-electron chi connectivity index (χ3n) is 11.5. The molecule has 0 bridgehead atoms. The van der Waals surface area contributed by atoms with E-state index >= 15 is 0 Å². The van der Waals surface area contributed by atoms with E-state index in [1.807, 2.05) is 6.08 Å². The number of carbonyl (C=O) groups is 1. The van der Waals surface area contributed by atoms with Crippen molar-refractivity contribution in [2.45, 2.75) is 276 Å². The minimum absolute atomic E-state index is 0.379. The number of nitrogens with one attached hydrogen (secondary N) is 1. The summed E-state index contributed by atoms with van der Waals surface area (Å²) in [6, 6.07) is -0.819. The van der Waals surface area contributed by atoms with E-state index in [-0.39, 0.29) is 6.61 Å². The molecule has 5 nitrogen and oxygen atoms in total. The summed E-state index contributed by atoms with van der Waals surface area (Å²) >= 11 is 0. The molecular formula is C51H97NO4. The number of hydrogen-bond acceptors (Lipinski definition) is 4. The highest BCUT2D eigenvalue weighted by molar-refractivity contribution is 5.80. The Labute approximate surface area is 349 Å². The fourth-order valence-corrected chi connectivity index (χ4v) is 7.57. The molecule has 56 heavy (non-hydrogen) atoms. The number of unbranched alkanes of at least 4 members (excludes halogenated alkanes) is 33. The molecule has 0 aliphatic heterocycles. The van der Waals surface area contributed by atoms with Gasteiger partial charge in [-0.2, -0.15) is 0 Å². The Morgan fingerprint density at radius 3 is 1.09 bits per heavy atom. The van der Waals surface area contributed by atoms with Crippen LogP contribution in [0.15, 0.2) is 36.5 Å². The predicted octanol–water partition coefficient (Wildman–Crippen LogP) is 14.7. The summed E-state index contributed by atoms with van der Waals surface area (Å²) in [6.07, 6.45) is 59.1. The Hall–Kier alpha value is -1.43. The summed E-state index contributed by atoms with van der Waals surface area (Å²) in [5.41, 5.74) is 0. The average molecular weight is 788 g/mol. The second kappa shape index (κ2) is 46.3. The number of amides is 1. The SMILES string of the molecule is CCCCCCCCCC/C=C/CC/C=C/CC/C=C/C(O)C(CO)NC(=O)C(O)CCCCCCCCCCCCCCCCCCCCCCCCCC. The molecule has 0 fully saturated rings. The molecule has 3 unspecified atom stereocenters. The van der Waals surface area contributed by atoms with Gasteiger partial charge in [0.25, 0.3) is 0 Å². The van der Waals surface area contributed by atoms with Gasteiger partial charge in [-0.3, -0.25) is 4.79 Å². The first-order valence-electron chi connectivity index (χ1n) is 24.8. The lowest BCUT2D eigenvalue weighted by molar-refractivity contribution is -0.131. The average Bonchev–Trinajstić information content (AvgIpc) is 3.20.